The smallest absolute Gasteiger partial charge is 0.325 e. The van der Waals surface area contributed by atoms with Gasteiger partial charge in [0, 0.05) is 17.9 Å². The average molecular weight is 463 g/mol. The molecule has 154 valence electrons. The molecule has 0 bridgehead atoms. The minimum atomic E-state index is -0.469. The second-order valence-corrected chi connectivity index (χ2v) is 8.92. The van der Waals surface area contributed by atoms with E-state index in [9.17, 15) is 9.59 Å². The average Bonchev–Trinajstić information content (AvgIpc) is 3.28. The van der Waals surface area contributed by atoms with Crippen LogP contribution in [0.3, 0.4) is 0 Å². The first-order valence-corrected chi connectivity index (χ1v) is 10.9. The van der Waals surface area contributed by atoms with Gasteiger partial charge >= 0.3 is 6.03 Å². The van der Waals surface area contributed by atoms with Crippen LogP contribution >= 0.6 is 34.7 Å². The molecule has 3 aromatic heterocycles. The van der Waals surface area contributed by atoms with Crippen LogP contribution in [-0.4, -0.2) is 25.8 Å². The van der Waals surface area contributed by atoms with E-state index in [0.29, 0.717) is 43.0 Å². The largest absolute Gasteiger partial charge is 0.375 e. The third kappa shape index (κ3) is 4.64. The zero-order valence-corrected chi connectivity index (χ0v) is 18.2. The van der Waals surface area contributed by atoms with E-state index >= 15 is 0 Å². The first kappa shape index (κ1) is 20.4. The molecule has 4 rings (SSSR count). The first-order chi connectivity index (χ1) is 14.4. The quantitative estimate of drug-likeness (QED) is 0.334. The molecule has 30 heavy (non-hydrogen) atoms. The van der Waals surface area contributed by atoms with E-state index in [1.165, 1.54) is 29.2 Å². The fourth-order valence-corrected chi connectivity index (χ4v) is 4.50. The molecule has 0 aliphatic carbocycles. The number of rotatable bonds is 5. The Labute approximate surface area is 183 Å². The molecule has 0 spiro atoms. The fourth-order valence-electron chi connectivity index (χ4n) is 2.57. The summed E-state index contributed by atoms with van der Waals surface area (Å²) in [7, 11) is 0. The van der Waals surface area contributed by atoms with Crippen LogP contribution in [0, 0.1) is 13.8 Å². The SMILES string of the molecule is Cc1ccc(NC(=O)Nc2nnc(SCc3cc(=O)n4oc(C)cc4n3)s2)c(Cl)c1. The Bertz CT molecular complexity index is 1300. The third-order valence-corrected chi connectivity index (χ3v) is 6.19. The van der Waals surface area contributed by atoms with E-state index in [1.807, 2.05) is 13.0 Å². The summed E-state index contributed by atoms with van der Waals surface area (Å²) in [6.07, 6.45) is 0. The van der Waals surface area contributed by atoms with Crippen molar-refractivity contribution in [1.82, 2.24) is 19.8 Å². The molecule has 9 nitrogen and oxygen atoms in total. The van der Waals surface area contributed by atoms with Crippen LogP contribution in [0.2, 0.25) is 5.02 Å². The van der Waals surface area contributed by atoms with E-state index < -0.39 is 6.03 Å². The number of thioether (sulfide) groups is 1. The lowest BCUT2D eigenvalue weighted by Crippen LogP contribution is -2.19. The predicted octanol–water partition coefficient (Wildman–Crippen LogP) is 4.35. The Morgan fingerprint density at radius 2 is 2.07 bits per heavy atom. The van der Waals surface area contributed by atoms with Crippen LogP contribution in [0.25, 0.3) is 5.65 Å². The topological polar surface area (TPSA) is 114 Å². The van der Waals surface area contributed by atoms with E-state index in [4.69, 9.17) is 16.1 Å². The number of urea groups is 1. The Kier molecular flexibility index (Phi) is 5.75. The lowest BCUT2D eigenvalue weighted by atomic mass is 10.2. The van der Waals surface area contributed by atoms with Gasteiger partial charge in [0.05, 0.1) is 16.4 Å². The van der Waals surface area contributed by atoms with E-state index in [1.54, 1.807) is 25.1 Å². The Balaban J connectivity index is 1.37. The van der Waals surface area contributed by atoms with Gasteiger partial charge in [-0.3, -0.25) is 10.1 Å². The summed E-state index contributed by atoms with van der Waals surface area (Å²) in [4.78, 5) is 28.6. The predicted molar refractivity (Wildman–Crippen MR) is 117 cm³/mol. The van der Waals surface area contributed by atoms with Gasteiger partial charge in [-0.05, 0) is 31.5 Å². The molecule has 3 heterocycles. The number of aromatic nitrogens is 4. The first-order valence-electron chi connectivity index (χ1n) is 8.67. The van der Waals surface area contributed by atoms with Gasteiger partial charge in [-0.25, -0.2) is 9.78 Å². The molecular formula is C18H15ClN6O3S2. The van der Waals surface area contributed by atoms with Crippen molar-refractivity contribution < 1.29 is 9.32 Å². The van der Waals surface area contributed by atoms with Crippen LogP contribution in [0.1, 0.15) is 17.0 Å². The standard InChI is InChI=1S/C18H15ClN6O3S2/c1-9-3-4-13(12(19)5-9)21-16(27)22-17-23-24-18(30-17)29-8-11-7-15(26)25-14(20-11)6-10(2)28-25/h3-7H,8H2,1-2H3,(H2,21,22,23,27). The lowest BCUT2D eigenvalue weighted by molar-refractivity contribution is 0.262. The van der Waals surface area contributed by atoms with Crippen molar-refractivity contribution in [2.75, 3.05) is 10.6 Å². The highest BCUT2D eigenvalue weighted by atomic mass is 35.5. The number of nitrogens with zero attached hydrogens (tertiary/aromatic N) is 4. The monoisotopic (exact) mass is 462 g/mol. The molecule has 0 atom stereocenters. The maximum absolute atomic E-state index is 12.2. The number of carbonyl (C=O) groups excluding carboxylic acids is 1. The van der Waals surface area contributed by atoms with Crippen LogP contribution < -0.4 is 16.2 Å². The second-order valence-electron chi connectivity index (χ2n) is 6.31. The molecule has 2 amide bonds. The Hall–Kier alpha value is -2.89. The van der Waals surface area contributed by atoms with Crippen molar-refractivity contribution >= 4 is 57.2 Å². The van der Waals surface area contributed by atoms with Crippen LogP contribution in [0.5, 0.6) is 0 Å². The van der Waals surface area contributed by atoms with Gasteiger partial charge in [-0.1, -0.05) is 40.8 Å². The van der Waals surface area contributed by atoms with Crippen LogP contribution in [-0.2, 0) is 5.75 Å². The molecule has 0 saturated carbocycles. The molecule has 0 aliphatic heterocycles. The normalized spacial score (nSPS) is 11.0. The summed E-state index contributed by atoms with van der Waals surface area (Å²) in [5.74, 6) is 1.03. The summed E-state index contributed by atoms with van der Waals surface area (Å²) in [6, 6.07) is 7.99. The molecule has 0 aliphatic rings. The minimum absolute atomic E-state index is 0.283. The molecule has 0 saturated heterocycles. The van der Waals surface area contributed by atoms with Crippen molar-refractivity contribution in [2.24, 2.45) is 0 Å². The van der Waals surface area contributed by atoms with Crippen LogP contribution in [0.4, 0.5) is 15.6 Å². The number of amides is 2. The number of hydrogen-bond donors (Lipinski definition) is 2. The number of halogens is 1. The minimum Gasteiger partial charge on any atom is -0.375 e. The maximum atomic E-state index is 12.2. The third-order valence-electron chi connectivity index (χ3n) is 3.87. The molecule has 0 radical (unpaired) electrons. The van der Waals surface area contributed by atoms with Crippen molar-refractivity contribution in [3.05, 3.63) is 62.7 Å². The number of nitrogens with one attached hydrogen (secondary N) is 2. The van der Waals surface area contributed by atoms with Gasteiger partial charge in [0.2, 0.25) is 5.13 Å². The molecular weight excluding hydrogens is 448 g/mol. The van der Waals surface area contributed by atoms with Gasteiger partial charge in [0.1, 0.15) is 5.76 Å². The number of hydrogen-bond acceptors (Lipinski definition) is 8. The Morgan fingerprint density at radius 3 is 2.87 bits per heavy atom. The maximum Gasteiger partial charge on any atom is 0.325 e. The van der Waals surface area contributed by atoms with Crippen molar-refractivity contribution in [2.45, 2.75) is 23.9 Å². The molecule has 0 unspecified atom stereocenters. The van der Waals surface area contributed by atoms with Crippen molar-refractivity contribution in [3.8, 4) is 0 Å². The molecule has 0 fully saturated rings. The number of anilines is 2. The van der Waals surface area contributed by atoms with E-state index in [-0.39, 0.29) is 5.56 Å². The van der Waals surface area contributed by atoms with Crippen molar-refractivity contribution in [3.63, 3.8) is 0 Å². The number of aryl methyl sites for hydroxylation is 2. The summed E-state index contributed by atoms with van der Waals surface area (Å²) in [6.45, 7) is 3.66. The highest BCUT2D eigenvalue weighted by Gasteiger charge is 2.12. The number of carbonyl (C=O) groups is 1. The zero-order chi connectivity index (χ0) is 21.3. The molecule has 2 N–H and O–H groups in total. The molecule has 12 heteroatoms. The molecule has 4 aromatic rings. The van der Waals surface area contributed by atoms with Gasteiger partial charge in [0.25, 0.3) is 5.56 Å². The highest BCUT2D eigenvalue weighted by molar-refractivity contribution is 8.00. The summed E-state index contributed by atoms with van der Waals surface area (Å²) >= 11 is 8.70. The van der Waals surface area contributed by atoms with Gasteiger partial charge in [-0.2, -0.15) is 0 Å². The summed E-state index contributed by atoms with van der Waals surface area (Å²) < 4.78 is 7.05. The van der Waals surface area contributed by atoms with Gasteiger partial charge in [-0.15, -0.1) is 14.8 Å². The molecule has 1 aromatic carbocycles. The van der Waals surface area contributed by atoms with Crippen LogP contribution in [0.15, 0.2) is 44.0 Å². The summed E-state index contributed by atoms with van der Waals surface area (Å²) in [5, 5.41) is 14.1. The van der Waals surface area contributed by atoms with E-state index in [0.717, 1.165) is 10.1 Å². The van der Waals surface area contributed by atoms with Gasteiger partial charge < -0.3 is 9.84 Å². The van der Waals surface area contributed by atoms with E-state index in [2.05, 4.69) is 25.8 Å². The second kappa shape index (κ2) is 8.46. The fraction of sp³-hybridized carbons (Fsp3) is 0.167. The van der Waals surface area contributed by atoms with Crippen molar-refractivity contribution in [1.29, 1.82) is 0 Å². The summed E-state index contributed by atoms with van der Waals surface area (Å²) in [5.41, 5.74) is 2.27. The Morgan fingerprint density at radius 1 is 1.23 bits per heavy atom. The number of fused-ring (bicyclic) bond motifs is 1. The zero-order valence-electron chi connectivity index (χ0n) is 15.8. The van der Waals surface area contributed by atoms with Gasteiger partial charge in [0.15, 0.2) is 9.99 Å². The number of benzene rings is 1. The lowest BCUT2D eigenvalue weighted by Gasteiger charge is -2.07. The highest BCUT2D eigenvalue weighted by Crippen LogP contribution is 2.28.